The van der Waals surface area contributed by atoms with Crippen LogP contribution in [0.2, 0.25) is 5.02 Å². The summed E-state index contributed by atoms with van der Waals surface area (Å²) in [6, 6.07) is 20.2. The highest BCUT2D eigenvalue weighted by atomic mass is 35.5. The number of nitrogens with zero attached hydrogens (tertiary/aromatic N) is 1. The zero-order chi connectivity index (χ0) is 23.4. The number of nitrogens with one attached hydrogen (secondary N) is 2. The second kappa shape index (κ2) is 9.58. The van der Waals surface area contributed by atoms with Gasteiger partial charge in [-0.2, -0.15) is 0 Å². The molecule has 1 aliphatic rings. The monoisotopic (exact) mass is 461 g/mol. The summed E-state index contributed by atoms with van der Waals surface area (Å²) in [7, 11) is 0. The van der Waals surface area contributed by atoms with Gasteiger partial charge in [-0.1, -0.05) is 47.5 Å². The number of ether oxygens (including phenoxy) is 1. The smallest absolute Gasteiger partial charge is 0.333 e. The van der Waals surface area contributed by atoms with Crippen molar-refractivity contribution < 1.29 is 19.1 Å². The van der Waals surface area contributed by atoms with Crippen molar-refractivity contribution in [3.05, 3.63) is 94.6 Å². The molecule has 0 aliphatic carbocycles. The van der Waals surface area contributed by atoms with Crippen molar-refractivity contribution in [1.82, 2.24) is 5.32 Å². The van der Waals surface area contributed by atoms with Crippen molar-refractivity contribution in [2.75, 3.05) is 16.8 Å². The maximum Gasteiger partial charge on any atom is 0.333 e. The molecule has 0 unspecified atom stereocenters. The molecule has 7 nitrogen and oxygen atoms in total. The van der Waals surface area contributed by atoms with Crippen molar-refractivity contribution in [3.8, 4) is 5.75 Å². The largest absolute Gasteiger partial charge is 0.484 e. The van der Waals surface area contributed by atoms with E-state index in [1.54, 1.807) is 54.6 Å². The maximum atomic E-state index is 12.7. The van der Waals surface area contributed by atoms with Crippen LogP contribution < -0.4 is 20.3 Å². The summed E-state index contributed by atoms with van der Waals surface area (Å²) in [6.45, 7) is 1.83. The first-order valence-electron chi connectivity index (χ1n) is 10.1. The number of hydrogen-bond donors (Lipinski definition) is 2. The number of urea groups is 1. The third kappa shape index (κ3) is 5.39. The Labute approximate surface area is 195 Å². The van der Waals surface area contributed by atoms with Gasteiger partial charge in [0.05, 0.1) is 5.69 Å². The minimum Gasteiger partial charge on any atom is -0.484 e. The number of halogens is 1. The first-order chi connectivity index (χ1) is 15.9. The van der Waals surface area contributed by atoms with Gasteiger partial charge in [-0.25, -0.2) is 9.69 Å². The van der Waals surface area contributed by atoms with Crippen LogP contribution in [0.1, 0.15) is 11.1 Å². The molecule has 0 radical (unpaired) electrons. The molecule has 2 N–H and O–H groups in total. The third-order valence-corrected chi connectivity index (χ3v) is 5.08. The standard InChI is InChI=1S/C25H20ClN3O4/c1-16-5-9-19(10-6-16)27-23(30)15-33-21-11-7-17(8-12-21)13-22-24(31)29(25(32)28-22)20-4-2-3-18(26)14-20/h2-14H,15H2,1H3,(H,27,30)(H,28,32). The summed E-state index contributed by atoms with van der Waals surface area (Å²) < 4.78 is 5.52. The second-order valence-corrected chi connectivity index (χ2v) is 7.82. The van der Waals surface area contributed by atoms with Crippen molar-refractivity contribution in [2.45, 2.75) is 6.92 Å². The summed E-state index contributed by atoms with van der Waals surface area (Å²) in [5.41, 5.74) is 3.02. The lowest BCUT2D eigenvalue weighted by atomic mass is 10.2. The molecule has 1 aliphatic heterocycles. The van der Waals surface area contributed by atoms with Gasteiger partial charge < -0.3 is 15.4 Å². The highest BCUT2D eigenvalue weighted by Crippen LogP contribution is 2.25. The molecule has 33 heavy (non-hydrogen) atoms. The molecule has 4 amide bonds. The van der Waals surface area contributed by atoms with Crippen LogP contribution in [0.4, 0.5) is 16.2 Å². The fraction of sp³-hybridized carbons (Fsp3) is 0.0800. The number of rotatable bonds is 6. The number of carbonyl (C=O) groups is 3. The van der Waals surface area contributed by atoms with E-state index in [0.717, 1.165) is 10.5 Å². The fourth-order valence-corrected chi connectivity index (χ4v) is 3.38. The summed E-state index contributed by atoms with van der Waals surface area (Å²) in [4.78, 5) is 38.1. The van der Waals surface area contributed by atoms with E-state index >= 15 is 0 Å². The van der Waals surface area contributed by atoms with Gasteiger partial charge in [-0.15, -0.1) is 0 Å². The number of anilines is 2. The quantitative estimate of drug-likeness (QED) is 0.409. The normalized spacial score (nSPS) is 14.4. The van der Waals surface area contributed by atoms with Crippen LogP contribution in [0.15, 0.2) is 78.5 Å². The predicted octanol–water partition coefficient (Wildman–Crippen LogP) is 4.76. The van der Waals surface area contributed by atoms with Crippen LogP contribution >= 0.6 is 11.6 Å². The predicted molar refractivity (Wildman–Crippen MR) is 127 cm³/mol. The van der Waals surface area contributed by atoms with Gasteiger partial charge in [-0.05, 0) is 61.0 Å². The van der Waals surface area contributed by atoms with Gasteiger partial charge in [0.25, 0.3) is 11.8 Å². The zero-order valence-electron chi connectivity index (χ0n) is 17.7. The van der Waals surface area contributed by atoms with E-state index < -0.39 is 11.9 Å². The Bertz CT molecular complexity index is 1240. The summed E-state index contributed by atoms with van der Waals surface area (Å²) in [5.74, 6) is -0.251. The Morgan fingerprint density at radius 2 is 1.79 bits per heavy atom. The van der Waals surface area contributed by atoms with E-state index in [0.29, 0.717) is 27.7 Å². The summed E-state index contributed by atoms with van der Waals surface area (Å²) in [6.07, 6.45) is 1.57. The molecule has 3 aromatic rings. The lowest BCUT2D eigenvalue weighted by Crippen LogP contribution is -2.30. The minimum atomic E-state index is -0.548. The molecule has 4 rings (SSSR count). The lowest BCUT2D eigenvalue weighted by molar-refractivity contribution is -0.118. The Morgan fingerprint density at radius 1 is 1.06 bits per heavy atom. The molecule has 8 heteroatoms. The number of benzene rings is 3. The van der Waals surface area contributed by atoms with E-state index in [4.69, 9.17) is 16.3 Å². The summed E-state index contributed by atoms with van der Waals surface area (Å²) >= 11 is 5.97. The molecule has 1 heterocycles. The average molecular weight is 462 g/mol. The summed E-state index contributed by atoms with van der Waals surface area (Å²) in [5, 5.41) is 5.76. The Balaban J connectivity index is 1.37. The van der Waals surface area contributed by atoms with E-state index in [9.17, 15) is 14.4 Å². The number of aryl methyl sites for hydroxylation is 1. The second-order valence-electron chi connectivity index (χ2n) is 7.38. The average Bonchev–Trinajstić information content (AvgIpc) is 3.07. The van der Waals surface area contributed by atoms with Crippen LogP contribution in [0.25, 0.3) is 6.08 Å². The third-order valence-electron chi connectivity index (χ3n) is 4.84. The SMILES string of the molecule is Cc1ccc(NC(=O)COc2ccc(C=C3NC(=O)N(c4cccc(Cl)c4)C3=O)cc2)cc1. The van der Waals surface area contributed by atoms with Crippen LogP contribution in [0.5, 0.6) is 5.75 Å². The Kier molecular flexibility index (Phi) is 6.42. The number of imide groups is 1. The lowest BCUT2D eigenvalue weighted by Gasteiger charge is -2.11. The van der Waals surface area contributed by atoms with Crippen LogP contribution in [0.3, 0.4) is 0 Å². The fourth-order valence-electron chi connectivity index (χ4n) is 3.19. The molecule has 0 atom stereocenters. The van der Waals surface area contributed by atoms with Gasteiger partial charge in [0.1, 0.15) is 11.4 Å². The van der Waals surface area contributed by atoms with E-state index in [1.807, 2.05) is 31.2 Å². The van der Waals surface area contributed by atoms with Gasteiger partial charge >= 0.3 is 6.03 Å². The molecule has 1 saturated heterocycles. The van der Waals surface area contributed by atoms with E-state index in [-0.39, 0.29) is 18.2 Å². The first-order valence-corrected chi connectivity index (χ1v) is 10.5. The number of carbonyl (C=O) groups excluding carboxylic acids is 3. The van der Waals surface area contributed by atoms with Crippen molar-refractivity contribution in [1.29, 1.82) is 0 Å². The molecular weight excluding hydrogens is 442 g/mol. The molecule has 166 valence electrons. The zero-order valence-corrected chi connectivity index (χ0v) is 18.4. The first kappa shape index (κ1) is 22.1. The van der Waals surface area contributed by atoms with Crippen molar-refractivity contribution in [3.63, 3.8) is 0 Å². The topological polar surface area (TPSA) is 87.7 Å². The van der Waals surface area contributed by atoms with Gasteiger partial charge in [0.15, 0.2) is 6.61 Å². The molecule has 0 aromatic heterocycles. The Morgan fingerprint density at radius 3 is 2.48 bits per heavy atom. The number of hydrogen-bond acceptors (Lipinski definition) is 4. The van der Waals surface area contributed by atoms with E-state index in [2.05, 4.69) is 10.6 Å². The van der Waals surface area contributed by atoms with Crippen LogP contribution in [-0.2, 0) is 9.59 Å². The van der Waals surface area contributed by atoms with Gasteiger partial charge in [-0.3, -0.25) is 9.59 Å². The molecule has 3 aromatic carbocycles. The van der Waals surface area contributed by atoms with Crippen molar-refractivity contribution >= 4 is 46.9 Å². The molecule has 0 saturated carbocycles. The minimum absolute atomic E-state index is 0.141. The van der Waals surface area contributed by atoms with Crippen molar-refractivity contribution in [2.24, 2.45) is 0 Å². The molecule has 1 fully saturated rings. The Hall–Kier alpha value is -4.10. The maximum absolute atomic E-state index is 12.7. The van der Waals surface area contributed by atoms with Gasteiger partial charge in [0.2, 0.25) is 0 Å². The molecule has 0 spiro atoms. The highest BCUT2D eigenvalue weighted by Gasteiger charge is 2.34. The van der Waals surface area contributed by atoms with Gasteiger partial charge in [0, 0.05) is 10.7 Å². The van der Waals surface area contributed by atoms with E-state index in [1.165, 1.54) is 0 Å². The van der Waals surface area contributed by atoms with Crippen LogP contribution in [0, 0.1) is 6.92 Å². The van der Waals surface area contributed by atoms with Crippen LogP contribution in [-0.4, -0.2) is 24.5 Å². The molecular formula is C25H20ClN3O4. The highest BCUT2D eigenvalue weighted by molar-refractivity contribution is 6.32. The molecule has 0 bridgehead atoms. The number of amides is 4.